The van der Waals surface area contributed by atoms with Gasteiger partial charge >= 0.3 is 0 Å². The van der Waals surface area contributed by atoms with E-state index in [1.807, 2.05) is 18.2 Å². The van der Waals surface area contributed by atoms with Gasteiger partial charge in [0.25, 0.3) is 5.91 Å². The number of carbonyl (C=O) groups excluding carboxylic acids is 4. The van der Waals surface area contributed by atoms with Crippen molar-refractivity contribution in [2.24, 2.45) is 0 Å². The predicted octanol–water partition coefficient (Wildman–Crippen LogP) is 5.84. The van der Waals surface area contributed by atoms with Crippen LogP contribution in [0.3, 0.4) is 0 Å². The van der Waals surface area contributed by atoms with E-state index in [0.29, 0.717) is 47.5 Å². The summed E-state index contributed by atoms with van der Waals surface area (Å²) in [5.74, 6) is -3.89. The van der Waals surface area contributed by atoms with Gasteiger partial charge in [-0.15, -0.1) is 4.31 Å². The third-order valence-electron chi connectivity index (χ3n) is 12.6. The molecule has 4 atom stereocenters. The molecule has 5 aromatic rings. The van der Waals surface area contributed by atoms with Crippen molar-refractivity contribution in [1.82, 2.24) is 29.4 Å². The molecular weight excluding hydrogens is 824 g/mol. The Morgan fingerprint density at radius 3 is 2.52 bits per heavy atom. The second-order valence-electron chi connectivity index (χ2n) is 16.4. The van der Waals surface area contributed by atoms with E-state index in [4.69, 9.17) is 0 Å². The molecule has 3 fully saturated rings. The molecular formula is C45H44F3N7O6S. The summed E-state index contributed by atoms with van der Waals surface area (Å²) in [6.45, 7) is 2.80. The largest absolute Gasteiger partial charge is 0.573 e. The number of aliphatic hydroxyl groups excluding tert-OH is 1. The molecule has 3 aromatic carbocycles. The van der Waals surface area contributed by atoms with E-state index in [0.717, 1.165) is 54.8 Å². The number of nitrogens with one attached hydrogen (secondary N) is 3. The predicted molar refractivity (Wildman–Crippen MR) is 225 cm³/mol. The monoisotopic (exact) mass is 867 g/mol. The molecule has 0 bridgehead atoms. The zero-order valence-corrected chi connectivity index (χ0v) is 34.4. The standard InChI is InChI=1S/C45H44F3N7O6S/c46-31-13-18-54(24-31)62(61)52-36-8-7-35(47)40(41(36)48)42(58)34-22-50-43-33(34)20-29(21-49-43)26-3-1-25(2-4-26)27-11-15-53(16-12-27)17-14-38(56)28-5-6-32-30(19-28)23-55(45(32)60)37-9-10-39(57)51-44(37)59/h1-8,19-22,27,31,37-38,52,56H,9-18,23-24H2,(H,49,50)(H,51,57,59). The number of likely N-dealkylation sites (tertiary alicyclic amines) is 1. The Hall–Kier alpha value is -5.59. The zero-order valence-electron chi connectivity index (χ0n) is 33.5. The summed E-state index contributed by atoms with van der Waals surface area (Å²) in [6.07, 6.45) is 4.22. The number of aromatic nitrogens is 2. The lowest BCUT2D eigenvalue weighted by molar-refractivity contribution is -0.136. The molecule has 13 nitrogen and oxygen atoms in total. The van der Waals surface area contributed by atoms with E-state index in [9.17, 15) is 33.2 Å². The van der Waals surface area contributed by atoms with Gasteiger partial charge in [0.2, 0.25) is 17.6 Å². The minimum absolute atomic E-state index is 0.0169. The van der Waals surface area contributed by atoms with Crippen molar-refractivity contribution in [2.45, 2.75) is 69.3 Å². The molecule has 0 spiro atoms. The smallest absolute Gasteiger partial charge is 0.255 e. The normalized spacial score (nSPS) is 21.0. The van der Waals surface area contributed by atoms with Crippen LogP contribution in [0, 0.1) is 11.6 Å². The summed E-state index contributed by atoms with van der Waals surface area (Å²) in [5, 5.41) is 13.8. The summed E-state index contributed by atoms with van der Waals surface area (Å²) in [4.78, 5) is 62.0. The van der Waals surface area contributed by atoms with E-state index in [1.54, 1.807) is 24.4 Å². The number of ketones is 1. The molecule has 3 saturated heterocycles. The van der Waals surface area contributed by atoms with Crippen molar-refractivity contribution in [3.05, 3.63) is 118 Å². The highest BCUT2D eigenvalue weighted by atomic mass is 32.2. The van der Waals surface area contributed by atoms with Crippen LogP contribution in [0.15, 0.2) is 73.1 Å². The van der Waals surface area contributed by atoms with E-state index in [2.05, 4.69) is 37.0 Å². The van der Waals surface area contributed by atoms with Gasteiger partial charge < -0.3 is 24.4 Å². The first-order chi connectivity index (χ1) is 29.9. The topological polar surface area (TPSA) is 174 Å². The third kappa shape index (κ3) is 8.22. The first kappa shape index (κ1) is 41.7. The van der Waals surface area contributed by atoms with Crippen molar-refractivity contribution in [1.29, 1.82) is 0 Å². The van der Waals surface area contributed by atoms with Crippen LogP contribution in [-0.2, 0) is 27.7 Å². The van der Waals surface area contributed by atoms with E-state index in [-0.39, 0.29) is 55.5 Å². The SMILES string of the molecule is O=C1CCC(N2Cc3cc(C(O)CCN4CCC(c5ccc(-c6cnc7[nH]cc(C(=O)c8c(F)ccc(N[S+]([O-])N9CCC(F)C9)c8F)c7c6)cc5)CC4)ccc3C2=O)C(=O)N1. The van der Waals surface area contributed by atoms with E-state index >= 15 is 8.78 Å². The van der Waals surface area contributed by atoms with Gasteiger partial charge in [0.05, 0.1) is 18.2 Å². The summed E-state index contributed by atoms with van der Waals surface area (Å²) >= 11 is -1.99. The van der Waals surface area contributed by atoms with Crippen LogP contribution >= 0.6 is 0 Å². The fraction of sp³-hybridized carbons (Fsp3) is 0.356. The number of rotatable bonds is 12. The molecule has 17 heteroatoms. The van der Waals surface area contributed by atoms with E-state index < -0.39 is 58.8 Å². The van der Waals surface area contributed by atoms with Crippen LogP contribution in [0.4, 0.5) is 18.9 Å². The lowest BCUT2D eigenvalue weighted by Crippen LogP contribution is -2.52. The first-order valence-electron chi connectivity index (χ1n) is 20.8. The number of carbonyl (C=O) groups is 4. The number of aromatic amines is 1. The Bertz CT molecular complexity index is 2570. The van der Waals surface area contributed by atoms with Gasteiger partial charge in [-0.25, -0.2) is 18.2 Å². The average molecular weight is 868 g/mol. The number of fused-ring (bicyclic) bond motifs is 2. The minimum Gasteiger partial charge on any atom is -0.573 e. The number of anilines is 1. The van der Waals surface area contributed by atoms with Crippen LogP contribution in [0.5, 0.6) is 0 Å². The molecule has 6 heterocycles. The van der Waals surface area contributed by atoms with Gasteiger partial charge in [0, 0.05) is 60.5 Å². The van der Waals surface area contributed by atoms with Crippen LogP contribution in [0.25, 0.3) is 22.2 Å². The van der Waals surface area contributed by atoms with Crippen molar-refractivity contribution in [3.63, 3.8) is 0 Å². The molecule has 4 unspecified atom stereocenters. The highest BCUT2D eigenvalue weighted by Gasteiger charge is 2.39. The molecule has 0 saturated carbocycles. The van der Waals surface area contributed by atoms with Crippen LogP contribution in [-0.4, -0.2) is 102 Å². The number of pyridine rings is 1. The molecule has 0 radical (unpaired) electrons. The number of nitrogens with zero attached hydrogens (tertiary/aromatic N) is 4. The lowest BCUT2D eigenvalue weighted by atomic mass is 9.88. The van der Waals surface area contributed by atoms with Gasteiger partial charge in [0.15, 0.2) is 17.4 Å². The number of H-pyrrole nitrogens is 1. The third-order valence-corrected chi connectivity index (χ3v) is 13.8. The number of imide groups is 1. The number of halogens is 3. The number of amides is 3. The second kappa shape index (κ2) is 17.3. The molecule has 4 aliphatic heterocycles. The molecule has 3 amide bonds. The highest BCUT2D eigenvalue weighted by Crippen LogP contribution is 2.34. The van der Waals surface area contributed by atoms with Crippen molar-refractivity contribution < 1.29 is 42.0 Å². The Kier molecular flexibility index (Phi) is 11.6. The summed E-state index contributed by atoms with van der Waals surface area (Å²) < 4.78 is 60.9. The Morgan fingerprint density at radius 2 is 1.77 bits per heavy atom. The molecule has 62 heavy (non-hydrogen) atoms. The van der Waals surface area contributed by atoms with Crippen LogP contribution in [0.2, 0.25) is 0 Å². The van der Waals surface area contributed by atoms with Gasteiger partial charge in [-0.05, 0) is 97.6 Å². The Labute approximate surface area is 358 Å². The summed E-state index contributed by atoms with van der Waals surface area (Å²) in [7, 11) is 0. The summed E-state index contributed by atoms with van der Waals surface area (Å²) in [6, 6.07) is 16.5. The maximum absolute atomic E-state index is 15.7. The molecule has 9 rings (SSSR count). The Balaban J connectivity index is 0.800. The second-order valence-corrected chi connectivity index (χ2v) is 17.6. The quantitative estimate of drug-likeness (QED) is 0.0679. The van der Waals surface area contributed by atoms with E-state index in [1.165, 1.54) is 21.0 Å². The molecule has 2 aromatic heterocycles. The molecule has 4 N–H and O–H groups in total. The number of benzene rings is 3. The first-order valence-corrected chi connectivity index (χ1v) is 21.9. The van der Waals surface area contributed by atoms with Crippen LogP contribution < -0.4 is 10.0 Å². The van der Waals surface area contributed by atoms with Crippen molar-refractivity contribution in [3.8, 4) is 11.1 Å². The average Bonchev–Trinajstić information content (AvgIpc) is 4.00. The number of hydrogen-bond donors (Lipinski definition) is 4. The van der Waals surface area contributed by atoms with Gasteiger partial charge in [-0.1, -0.05) is 36.4 Å². The number of aliphatic hydroxyl groups is 1. The molecule has 4 aliphatic rings. The fourth-order valence-electron chi connectivity index (χ4n) is 9.03. The highest BCUT2D eigenvalue weighted by molar-refractivity contribution is 7.90. The number of piperidine rings is 2. The maximum atomic E-state index is 15.7. The number of hydrogen-bond acceptors (Lipinski definition) is 10. The van der Waals surface area contributed by atoms with Crippen molar-refractivity contribution >= 4 is 51.8 Å². The zero-order chi connectivity index (χ0) is 43.2. The minimum atomic E-state index is -1.99. The van der Waals surface area contributed by atoms with Gasteiger partial charge in [-0.2, -0.15) is 4.72 Å². The van der Waals surface area contributed by atoms with Gasteiger partial charge in [-0.3, -0.25) is 24.5 Å². The van der Waals surface area contributed by atoms with Crippen LogP contribution in [0.1, 0.15) is 93.5 Å². The molecule has 0 aliphatic carbocycles. The maximum Gasteiger partial charge on any atom is 0.255 e. The Morgan fingerprint density at radius 1 is 0.984 bits per heavy atom. The summed E-state index contributed by atoms with van der Waals surface area (Å²) in [5.41, 5.74) is 3.96. The van der Waals surface area contributed by atoms with Gasteiger partial charge in [0.1, 0.15) is 29.4 Å². The lowest BCUT2D eigenvalue weighted by Gasteiger charge is -2.32. The van der Waals surface area contributed by atoms with Crippen molar-refractivity contribution in [2.75, 3.05) is 37.4 Å². The fourth-order valence-corrected chi connectivity index (χ4v) is 10.1. The molecule has 322 valence electrons. The number of alkyl halides is 1.